The van der Waals surface area contributed by atoms with E-state index in [0.29, 0.717) is 0 Å². The van der Waals surface area contributed by atoms with Crippen molar-refractivity contribution in [2.24, 2.45) is 0 Å². The van der Waals surface area contributed by atoms with E-state index < -0.39 is 0 Å². The Bertz CT molecular complexity index is 3750. The van der Waals surface area contributed by atoms with E-state index in [1.807, 2.05) is 29.5 Å². The Kier molecular flexibility index (Phi) is 6.35. The first-order valence-electron chi connectivity index (χ1n) is 19.4. The van der Waals surface area contributed by atoms with Crippen LogP contribution in [0.5, 0.6) is 0 Å². The van der Waals surface area contributed by atoms with Crippen molar-refractivity contribution in [1.82, 2.24) is 0 Å². The third-order valence-electron chi connectivity index (χ3n) is 12.0. The summed E-state index contributed by atoms with van der Waals surface area (Å²) in [5, 5.41) is 14.5. The van der Waals surface area contributed by atoms with E-state index in [-0.39, 0.29) is 0 Å². The number of para-hydroxylation sites is 1. The number of thiophene rings is 1. The number of hydrogen-bond acceptors (Lipinski definition) is 3. The number of hydrogen-bond donors (Lipinski definition) is 0. The number of furan rings is 2. The predicted octanol–water partition coefficient (Wildman–Crippen LogP) is 16.3. The standard InChI is InChI=1S/C54H30O2S/c1-2-11-31(12-3-1)53-38-15-4-6-17-40(38)54(41-18-7-5-16-39(41)53)34-21-23-37-46-26-33(22-24-51(46)57-52(37)27-34)35-19-10-13-32-25-43-45-28-44-36-14-8-9-20-47(36)55-49(44)30-50(45)56-48(43)29-42(32)35/h1-30H. The summed E-state index contributed by atoms with van der Waals surface area (Å²) < 4.78 is 15.3. The molecule has 3 heterocycles. The van der Waals surface area contributed by atoms with Crippen LogP contribution in [0.15, 0.2) is 191 Å². The van der Waals surface area contributed by atoms with Crippen LogP contribution in [0.4, 0.5) is 0 Å². The molecule has 3 heteroatoms. The topological polar surface area (TPSA) is 26.3 Å². The Labute approximate surface area is 330 Å². The SMILES string of the molecule is c1ccc(-c2c3ccccc3c(-c3ccc4c(c3)sc3ccc(-c5cccc6cc7c(cc56)oc5cc6oc8ccccc8c6cc57)cc34)c3ccccc23)cc1. The molecule has 0 N–H and O–H groups in total. The lowest BCUT2D eigenvalue weighted by atomic mass is 9.86. The van der Waals surface area contributed by atoms with Gasteiger partial charge in [0.25, 0.3) is 0 Å². The highest BCUT2D eigenvalue weighted by Crippen LogP contribution is 2.46. The van der Waals surface area contributed by atoms with Gasteiger partial charge in [0.15, 0.2) is 0 Å². The quantitative estimate of drug-likeness (QED) is 0.169. The van der Waals surface area contributed by atoms with Gasteiger partial charge in [0, 0.05) is 47.8 Å². The molecule has 0 aliphatic heterocycles. The van der Waals surface area contributed by atoms with Crippen LogP contribution < -0.4 is 0 Å². The molecule has 2 nitrogen and oxygen atoms in total. The van der Waals surface area contributed by atoms with E-state index in [9.17, 15) is 0 Å². The second kappa shape index (κ2) is 11.7. The first-order valence-corrected chi connectivity index (χ1v) is 20.2. The Balaban J connectivity index is 0.958. The molecule has 0 saturated carbocycles. The number of fused-ring (bicyclic) bond motifs is 12. The van der Waals surface area contributed by atoms with Crippen molar-refractivity contribution in [2.75, 3.05) is 0 Å². The van der Waals surface area contributed by atoms with Gasteiger partial charge < -0.3 is 8.83 Å². The summed E-state index contributed by atoms with van der Waals surface area (Å²) in [5.74, 6) is 0. The van der Waals surface area contributed by atoms with E-state index in [1.165, 1.54) is 85.9 Å². The van der Waals surface area contributed by atoms with Gasteiger partial charge in [0.05, 0.1) is 0 Å². The third-order valence-corrected chi connectivity index (χ3v) is 13.2. The fourth-order valence-electron chi connectivity index (χ4n) is 9.47. The zero-order valence-electron chi connectivity index (χ0n) is 30.5. The third kappa shape index (κ3) is 4.52. The van der Waals surface area contributed by atoms with Crippen LogP contribution in [0.2, 0.25) is 0 Å². The molecule has 0 atom stereocenters. The van der Waals surface area contributed by atoms with Gasteiger partial charge in [0.2, 0.25) is 0 Å². The summed E-state index contributed by atoms with van der Waals surface area (Å²) in [4.78, 5) is 0. The highest BCUT2D eigenvalue weighted by atomic mass is 32.1. The molecule has 264 valence electrons. The first-order chi connectivity index (χ1) is 28.2. The highest BCUT2D eigenvalue weighted by molar-refractivity contribution is 7.25. The number of rotatable bonds is 3. The Morgan fingerprint density at radius 1 is 0.281 bits per heavy atom. The van der Waals surface area contributed by atoms with Gasteiger partial charge in [-0.2, -0.15) is 0 Å². The minimum absolute atomic E-state index is 0.840. The molecular formula is C54H30O2S. The molecule has 13 rings (SSSR count). The molecule has 3 aromatic heterocycles. The summed E-state index contributed by atoms with van der Waals surface area (Å²) in [7, 11) is 0. The van der Waals surface area contributed by atoms with E-state index >= 15 is 0 Å². The maximum atomic E-state index is 6.54. The van der Waals surface area contributed by atoms with Crippen molar-refractivity contribution in [3.8, 4) is 33.4 Å². The molecule has 0 aliphatic rings. The van der Waals surface area contributed by atoms with Crippen LogP contribution >= 0.6 is 11.3 Å². The van der Waals surface area contributed by atoms with Gasteiger partial charge in [0.1, 0.15) is 22.3 Å². The minimum atomic E-state index is 0.840. The van der Waals surface area contributed by atoms with E-state index in [2.05, 4.69) is 164 Å². The van der Waals surface area contributed by atoms with Crippen LogP contribution in [0.3, 0.4) is 0 Å². The average molecular weight is 743 g/mol. The Morgan fingerprint density at radius 2 is 0.895 bits per heavy atom. The van der Waals surface area contributed by atoms with Gasteiger partial charge >= 0.3 is 0 Å². The van der Waals surface area contributed by atoms with E-state index in [1.54, 1.807) is 0 Å². The van der Waals surface area contributed by atoms with Crippen molar-refractivity contribution < 1.29 is 8.83 Å². The molecule has 0 saturated heterocycles. The molecule has 0 aliphatic carbocycles. The second-order valence-electron chi connectivity index (χ2n) is 15.2. The zero-order chi connectivity index (χ0) is 37.2. The summed E-state index contributed by atoms with van der Waals surface area (Å²) in [5.41, 5.74) is 10.9. The van der Waals surface area contributed by atoms with Crippen LogP contribution in [0.25, 0.3) is 130 Å². The molecule has 10 aromatic carbocycles. The van der Waals surface area contributed by atoms with Gasteiger partial charge in [-0.15, -0.1) is 11.3 Å². The van der Waals surface area contributed by atoms with Gasteiger partial charge in [-0.05, 0) is 108 Å². The van der Waals surface area contributed by atoms with Gasteiger partial charge in [-0.25, -0.2) is 0 Å². The van der Waals surface area contributed by atoms with Crippen LogP contribution in [-0.2, 0) is 0 Å². The maximum absolute atomic E-state index is 6.54. The van der Waals surface area contributed by atoms with Crippen molar-refractivity contribution in [1.29, 1.82) is 0 Å². The van der Waals surface area contributed by atoms with Crippen molar-refractivity contribution >= 4 is 108 Å². The molecule has 0 spiro atoms. The van der Waals surface area contributed by atoms with Crippen LogP contribution in [-0.4, -0.2) is 0 Å². The lowest BCUT2D eigenvalue weighted by Gasteiger charge is -2.17. The van der Waals surface area contributed by atoms with E-state index in [4.69, 9.17) is 8.83 Å². The first kappa shape index (κ1) is 31.1. The summed E-state index contributed by atoms with van der Waals surface area (Å²) in [6.45, 7) is 0. The Hall–Kier alpha value is -7.20. The number of benzene rings is 10. The molecule has 0 amide bonds. The molecular weight excluding hydrogens is 713 g/mol. The minimum Gasteiger partial charge on any atom is -0.456 e. The largest absolute Gasteiger partial charge is 0.456 e. The maximum Gasteiger partial charge on any atom is 0.139 e. The monoisotopic (exact) mass is 742 g/mol. The summed E-state index contributed by atoms with van der Waals surface area (Å²) in [6.07, 6.45) is 0. The lowest BCUT2D eigenvalue weighted by Crippen LogP contribution is -1.90. The van der Waals surface area contributed by atoms with Crippen LogP contribution in [0.1, 0.15) is 0 Å². The Morgan fingerprint density at radius 3 is 1.67 bits per heavy atom. The van der Waals surface area contributed by atoms with Gasteiger partial charge in [-0.3, -0.25) is 0 Å². The molecule has 0 bridgehead atoms. The fourth-order valence-corrected chi connectivity index (χ4v) is 10.6. The molecule has 0 unspecified atom stereocenters. The smallest absolute Gasteiger partial charge is 0.139 e. The van der Waals surface area contributed by atoms with Crippen molar-refractivity contribution in [3.63, 3.8) is 0 Å². The highest BCUT2D eigenvalue weighted by Gasteiger charge is 2.19. The van der Waals surface area contributed by atoms with Gasteiger partial charge in [-0.1, -0.05) is 133 Å². The van der Waals surface area contributed by atoms with Crippen LogP contribution in [0, 0.1) is 0 Å². The lowest BCUT2D eigenvalue weighted by molar-refractivity contribution is 0.656. The van der Waals surface area contributed by atoms with Crippen molar-refractivity contribution in [3.05, 3.63) is 182 Å². The molecule has 57 heavy (non-hydrogen) atoms. The fraction of sp³-hybridized carbons (Fsp3) is 0. The molecule has 0 fully saturated rings. The molecule has 13 aromatic rings. The average Bonchev–Trinajstić information content (AvgIpc) is 3.93. The predicted molar refractivity (Wildman–Crippen MR) is 243 cm³/mol. The normalized spacial score (nSPS) is 12.2. The molecule has 0 radical (unpaired) electrons. The zero-order valence-corrected chi connectivity index (χ0v) is 31.4. The summed E-state index contributed by atoms with van der Waals surface area (Å²) >= 11 is 1.87. The second-order valence-corrected chi connectivity index (χ2v) is 16.2. The van der Waals surface area contributed by atoms with E-state index in [0.717, 1.165) is 43.9 Å². The summed E-state index contributed by atoms with van der Waals surface area (Å²) in [6, 6.07) is 66.2. The van der Waals surface area contributed by atoms with Crippen molar-refractivity contribution in [2.45, 2.75) is 0 Å².